The Kier molecular flexibility index (Phi) is 5.46. The number of nitrogens with zero attached hydrogens (tertiary/aromatic N) is 3. The Morgan fingerprint density at radius 3 is 2.58 bits per heavy atom. The zero-order chi connectivity index (χ0) is 22.1. The molecule has 2 aromatic rings. The second-order valence-corrected chi connectivity index (χ2v) is 7.90. The predicted molar refractivity (Wildman–Crippen MR) is 116 cm³/mol. The predicted octanol–water partition coefficient (Wildman–Crippen LogP) is 4.12. The van der Waals surface area contributed by atoms with E-state index >= 15 is 0 Å². The number of rotatable bonds is 4. The van der Waals surface area contributed by atoms with E-state index in [1.165, 1.54) is 12.1 Å². The molecule has 4 rings (SSSR count). The molecule has 1 N–H and O–H groups in total. The molecule has 1 unspecified atom stereocenters. The van der Waals surface area contributed by atoms with Crippen LogP contribution in [0.3, 0.4) is 0 Å². The lowest BCUT2D eigenvalue weighted by Crippen LogP contribution is -2.39. The van der Waals surface area contributed by atoms with E-state index < -0.39 is 16.8 Å². The molecule has 1 aliphatic carbocycles. The Balaban J connectivity index is 1.77. The molecule has 8 heteroatoms. The van der Waals surface area contributed by atoms with Crippen LogP contribution >= 0.6 is 0 Å². The summed E-state index contributed by atoms with van der Waals surface area (Å²) < 4.78 is 0. The summed E-state index contributed by atoms with van der Waals surface area (Å²) in [6.07, 6.45) is 3.43. The molecule has 0 saturated carbocycles. The Morgan fingerprint density at radius 2 is 1.90 bits per heavy atom. The van der Waals surface area contributed by atoms with Crippen LogP contribution in [0.2, 0.25) is 0 Å². The molecule has 158 valence electrons. The highest BCUT2D eigenvalue weighted by Gasteiger charge is 2.42. The molecule has 31 heavy (non-hydrogen) atoms. The maximum atomic E-state index is 13.4. The van der Waals surface area contributed by atoms with E-state index in [0.717, 1.165) is 17.7 Å². The summed E-state index contributed by atoms with van der Waals surface area (Å²) in [7, 11) is 0. The number of aliphatic imine (C=N–C) groups is 1. The number of aromatic nitrogens is 1. The summed E-state index contributed by atoms with van der Waals surface area (Å²) in [5, 5.41) is 13.9. The monoisotopic (exact) mass is 418 g/mol. The van der Waals surface area contributed by atoms with Crippen molar-refractivity contribution in [3.8, 4) is 0 Å². The Morgan fingerprint density at radius 1 is 1.16 bits per heavy atom. The minimum atomic E-state index is -0.718. The molecule has 0 bridgehead atoms. The number of Topliss-reactive ketones (excluding diaryl/α,β-unsaturated/α-hetero) is 1. The number of nitro groups is 1. The molecular weight excluding hydrogens is 396 g/mol. The molecule has 0 fully saturated rings. The van der Waals surface area contributed by atoms with Gasteiger partial charge in [0.25, 0.3) is 5.69 Å². The number of hydrogen-bond acceptors (Lipinski definition) is 6. The molecule has 1 amide bonds. The van der Waals surface area contributed by atoms with Crippen molar-refractivity contribution < 1.29 is 14.5 Å². The number of anilines is 1. The topological polar surface area (TPSA) is 115 Å². The fraction of sp³-hybridized carbons (Fsp3) is 0.304. The lowest BCUT2D eigenvalue weighted by Gasteiger charge is -2.34. The first-order valence-corrected chi connectivity index (χ1v) is 10.1. The van der Waals surface area contributed by atoms with Crippen molar-refractivity contribution in [3.05, 3.63) is 75.1 Å². The number of nitro benzene ring substituents is 1. The lowest BCUT2D eigenvalue weighted by atomic mass is 9.71. The molecule has 2 aliphatic rings. The average molecular weight is 418 g/mol. The van der Waals surface area contributed by atoms with Crippen LogP contribution in [-0.2, 0) is 9.59 Å². The van der Waals surface area contributed by atoms with Crippen molar-refractivity contribution in [2.24, 2.45) is 10.9 Å². The number of carbonyl (C=O) groups is 2. The third-order valence-electron chi connectivity index (χ3n) is 5.75. The van der Waals surface area contributed by atoms with E-state index in [9.17, 15) is 19.7 Å². The van der Waals surface area contributed by atoms with Crippen LogP contribution in [0, 0.1) is 23.0 Å². The normalized spacial score (nSPS) is 20.7. The van der Waals surface area contributed by atoms with E-state index in [-0.39, 0.29) is 17.4 Å². The number of benzene rings is 1. The highest BCUT2D eigenvalue weighted by Crippen LogP contribution is 2.43. The maximum absolute atomic E-state index is 13.4. The van der Waals surface area contributed by atoms with E-state index in [0.29, 0.717) is 35.5 Å². The van der Waals surface area contributed by atoms with E-state index in [2.05, 4.69) is 15.3 Å². The van der Waals surface area contributed by atoms with Crippen LogP contribution in [0.4, 0.5) is 11.5 Å². The molecule has 8 nitrogen and oxygen atoms in total. The lowest BCUT2D eigenvalue weighted by molar-refractivity contribution is -0.384. The first-order valence-electron chi connectivity index (χ1n) is 10.1. The van der Waals surface area contributed by atoms with E-state index in [1.54, 1.807) is 31.3 Å². The minimum absolute atomic E-state index is 0.0210. The summed E-state index contributed by atoms with van der Waals surface area (Å²) in [5.74, 6) is -1.18. The van der Waals surface area contributed by atoms with Gasteiger partial charge >= 0.3 is 0 Å². The zero-order valence-electron chi connectivity index (χ0n) is 17.3. The SMILES string of the molecule is CC1=NC2=C(C(=O)CCC2)[C@H](c2ccc([N+](=O)[O-])cc2)C1C(=O)Nc1cc(C)ccn1. The quantitative estimate of drug-likeness (QED) is 0.592. The summed E-state index contributed by atoms with van der Waals surface area (Å²) in [4.78, 5) is 45.7. The van der Waals surface area contributed by atoms with Gasteiger partial charge in [-0.3, -0.25) is 24.7 Å². The minimum Gasteiger partial charge on any atom is -0.310 e. The second-order valence-electron chi connectivity index (χ2n) is 7.90. The van der Waals surface area contributed by atoms with Gasteiger partial charge in [-0.1, -0.05) is 12.1 Å². The molecule has 0 saturated heterocycles. The Bertz CT molecular complexity index is 1130. The van der Waals surface area contributed by atoms with E-state index in [1.807, 2.05) is 13.0 Å². The number of non-ortho nitro benzene ring substituents is 1. The van der Waals surface area contributed by atoms with Gasteiger partial charge in [-0.15, -0.1) is 0 Å². The van der Waals surface area contributed by atoms with Gasteiger partial charge in [-0.2, -0.15) is 0 Å². The van der Waals surface area contributed by atoms with E-state index in [4.69, 9.17) is 0 Å². The van der Waals surface area contributed by atoms with Crippen molar-refractivity contribution in [2.45, 2.75) is 39.0 Å². The van der Waals surface area contributed by atoms with Crippen molar-refractivity contribution in [2.75, 3.05) is 5.32 Å². The Labute approximate surface area is 179 Å². The van der Waals surface area contributed by atoms with Crippen molar-refractivity contribution in [3.63, 3.8) is 0 Å². The number of allylic oxidation sites excluding steroid dienone is 2. The first kappa shape index (κ1) is 20.6. The fourth-order valence-electron chi connectivity index (χ4n) is 4.32. The molecule has 0 radical (unpaired) electrons. The third kappa shape index (κ3) is 4.01. The molecular formula is C23H22N4O4. The van der Waals surface area contributed by atoms with Gasteiger partial charge in [0, 0.05) is 47.7 Å². The van der Waals surface area contributed by atoms with Crippen LogP contribution < -0.4 is 5.32 Å². The standard InChI is InChI=1S/C23H22N4O4/c1-13-10-11-24-19(12-13)26-23(29)20-14(2)25-17-4-3-5-18(28)22(17)21(20)15-6-8-16(9-7-15)27(30)31/h6-12,20-21H,3-5H2,1-2H3,(H,24,26,29)/t20?,21-/m1/s1. The van der Waals surface area contributed by atoms with Gasteiger partial charge in [-0.25, -0.2) is 4.98 Å². The molecule has 1 aliphatic heterocycles. The van der Waals surface area contributed by atoms with Gasteiger partial charge in [0.15, 0.2) is 5.78 Å². The number of pyridine rings is 1. The van der Waals surface area contributed by atoms with Gasteiger partial charge in [-0.05, 0) is 49.9 Å². The van der Waals surface area contributed by atoms with Crippen LogP contribution in [0.5, 0.6) is 0 Å². The van der Waals surface area contributed by atoms with Gasteiger partial charge in [0.2, 0.25) is 5.91 Å². The number of carbonyl (C=O) groups excluding carboxylic acids is 2. The first-order chi connectivity index (χ1) is 14.8. The highest BCUT2D eigenvalue weighted by molar-refractivity contribution is 6.13. The number of nitrogens with one attached hydrogen (secondary N) is 1. The largest absolute Gasteiger partial charge is 0.310 e. The smallest absolute Gasteiger partial charge is 0.269 e. The van der Waals surface area contributed by atoms with Gasteiger partial charge in [0.05, 0.1) is 10.8 Å². The summed E-state index contributed by atoms with van der Waals surface area (Å²) >= 11 is 0. The van der Waals surface area contributed by atoms with Crippen LogP contribution in [0.25, 0.3) is 0 Å². The average Bonchev–Trinajstić information content (AvgIpc) is 2.73. The number of amides is 1. The molecule has 2 heterocycles. The molecule has 2 atom stereocenters. The summed E-state index contributed by atoms with van der Waals surface area (Å²) in [6, 6.07) is 9.66. The fourth-order valence-corrected chi connectivity index (χ4v) is 4.32. The second kappa shape index (κ2) is 8.22. The highest BCUT2D eigenvalue weighted by atomic mass is 16.6. The Hall–Kier alpha value is -3.68. The van der Waals surface area contributed by atoms with Crippen molar-refractivity contribution in [1.29, 1.82) is 0 Å². The number of hydrogen-bond donors (Lipinski definition) is 1. The van der Waals surface area contributed by atoms with Gasteiger partial charge < -0.3 is 5.32 Å². The summed E-state index contributed by atoms with van der Waals surface area (Å²) in [5.41, 5.74) is 3.47. The maximum Gasteiger partial charge on any atom is 0.269 e. The number of aryl methyl sites for hydroxylation is 1. The third-order valence-corrected chi connectivity index (χ3v) is 5.75. The molecule has 0 spiro atoms. The van der Waals surface area contributed by atoms with Crippen molar-refractivity contribution in [1.82, 2.24) is 4.98 Å². The van der Waals surface area contributed by atoms with Crippen LogP contribution in [0.1, 0.15) is 43.2 Å². The van der Waals surface area contributed by atoms with Crippen molar-refractivity contribution >= 4 is 28.9 Å². The number of ketones is 1. The molecule has 1 aromatic heterocycles. The molecule has 1 aromatic carbocycles. The van der Waals surface area contributed by atoms with Crippen LogP contribution in [0.15, 0.2) is 58.9 Å². The summed E-state index contributed by atoms with van der Waals surface area (Å²) in [6.45, 7) is 3.69. The zero-order valence-corrected chi connectivity index (χ0v) is 17.3. The van der Waals surface area contributed by atoms with Crippen LogP contribution in [-0.4, -0.2) is 27.3 Å². The van der Waals surface area contributed by atoms with Gasteiger partial charge in [0.1, 0.15) is 5.82 Å².